The van der Waals surface area contributed by atoms with Crippen LogP contribution in [0.5, 0.6) is 0 Å². The highest BCUT2D eigenvalue weighted by Gasteiger charge is 2.19. The van der Waals surface area contributed by atoms with Gasteiger partial charge in [-0.1, -0.05) is 175 Å². The number of hydrogen-bond acceptors (Lipinski definition) is 6. The maximum Gasteiger partial charge on any atom is 0.306 e. The first-order valence-corrected chi connectivity index (χ1v) is 24.9. The smallest absolute Gasteiger partial charge is 0.306 e. The molecule has 0 spiro atoms. The molecule has 0 aliphatic carbocycles. The molecular formula is C56H90O6. The Morgan fingerprint density at radius 2 is 0.629 bits per heavy atom. The number of rotatable bonds is 43. The van der Waals surface area contributed by atoms with Gasteiger partial charge in [0.25, 0.3) is 0 Å². The summed E-state index contributed by atoms with van der Waals surface area (Å²) in [6.07, 6.45) is 66.4. The number of carbonyl (C=O) groups is 3. The normalized spacial score (nSPS) is 13.0. The maximum atomic E-state index is 12.8. The van der Waals surface area contributed by atoms with Gasteiger partial charge >= 0.3 is 17.9 Å². The minimum atomic E-state index is -0.821. The summed E-state index contributed by atoms with van der Waals surface area (Å²) in [7, 11) is 0. The topological polar surface area (TPSA) is 78.9 Å². The summed E-state index contributed by atoms with van der Waals surface area (Å²) >= 11 is 0. The van der Waals surface area contributed by atoms with Crippen molar-refractivity contribution in [2.75, 3.05) is 13.2 Å². The predicted octanol–water partition coefficient (Wildman–Crippen LogP) is 16.4. The lowest BCUT2D eigenvalue weighted by Crippen LogP contribution is -2.30. The molecule has 0 aromatic rings. The average Bonchev–Trinajstić information content (AvgIpc) is 3.27. The van der Waals surface area contributed by atoms with E-state index in [1.807, 2.05) is 0 Å². The lowest BCUT2D eigenvalue weighted by molar-refractivity contribution is -0.167. The number of ether oxygens (including phenoxy) is 3. The van der Waals surface area contributed by atoms with Gasteiger partial charge in [-0.2, -0.15) is 0 Å². The van der Waals surface area contributed by atoms with E-state index in [9.17, 15) is 14.4 Å². The van der Waals surface area contributed by atoms with E-state index < -0.39 is 6.10 Å². The number of allylic oxidation sites excluding steroid dienone is 18. The lowest BCUT2D eigenvalue weighted by Gasteiger charge is -2.18. The van der Waals surface area contributed by atoms with E-state index in [0.29, 0.717) is 25.7 Å². The van der Waals surface area contributed by atoms with E-state index in [0.717, 1.165) is 109 Å². The van der Waals surface area contributed by atoms with Gasteiger partial charge in [0.15, 0.2) is 6.10 Å². The molecule has 0 bridgehead atoms. The van der Waals surface area contributed by atoms with E-state index in [4.69, 9.17) is 14.2 Å². The first-order chi connectivity index (χ1) is 30.5. The SMILES string of the molecule is CC/C=C\C/C=C\C/C=C\C/C=C\CCCCC(=O)OCC(COC(=O)CCCCCCC/C=C\CCCCCCC)OC(=O)CCCC/C=C\C/C=C\C/C=C\C/C=C\CC. The summed E-state index contributed by atoms with van der Waals surface area (Å²) < 4.78 is 16.7. The first-order valence-electron chi connectivity index (χ1n) is 24.9. The van der Waals surface area contributed by atoms with E-state index in [2.05, 4.69) is 130 Å². The molecule has 0 fully saturated rings. The van der Waals surface area contributed by atoms with Crippen molar-refractivity contribution in [3.63, 3.8) is 0 Å². The van der Waals surface area contributed by atoms with Crippen LogP contribution < -0.4 is 0 Å². The number of unbranched alkanes of at least 4 members (excludes halogenated alkanes) is 14. The number of hydrogen-bond donors (Lipinski definition) is 0. The second-order valence-corrected chi connectivity index (χ2v) is 16.0. The van der Waals surface area contributed by atoms with Crippen molar-refractivity contribution < 1.29 is 28.6 Å². The van der Waals surface area contributed by atoms with Crippen molar-refractivity contribution in [1.82, 2.24) is 0 Å². The van der Waals surface area contributed by atoms with Crippen molar-refractivity contribution in [2.24, 2.45) is 0 Å². The fraction of sp³-hybridized carbons (Fsp3) is 0.625. The van der Waals surface area contributed by atoms with E-state index in [-0.39, 0.29) is 37.5 Å². The molecule has 0 heterocycles. The molecule has 62 heavy (non-hydrogen) atoms. The highest BCUT2D eigenvalue weighted by Crippen LogP contribution is 2.12. The highest BCUT2D eigenvalue weighted by atomic mass is 16.6. The van der Waals surface area contributed by atoms with Gasteiger partial charge in [-0.15, -0.1) is 0 Å². The van der Waals surface area contributed by atoms with Crippen molar-refractivity contribution >= 4 is 17.9 Å². The highest BCUT2D eigenvalue weighted by molar-refractivity contribution is 5.71. The fourth-order valence-electron chi connectivity index (χ4n) is 6.30. The lowest BCUT2D eigenvalue weighted by atomic mass is 10.1. The Kier molecular flexibility index (Phi) is 46.6. The Bertz CT molecular complexity index is 1310. The molecule has 0 aliphatic heterocycles. The Balaban J connectivity index is 4.56. The van der Waals surface area contributed by atoms with E-state index in [1.54, 1.807) is 0 Å². The molecule has 0 rings (SSSR count). The number of esters is 3. The van der Waals surface area contributed by atoms with Crippen LogP contribution in [-0.2, 0) is 28.6 Å². The summed E-state index contributed by atoms with van der Waals surface area (Å²) in [5.74, 6) is -1.02. The molecule has 1 atom stereocenters. The summed E-state index contributed by atoms with van der Waals surface area (Å²) in [6, 6.07) is 0. The molecule has 0 radical (unpaired) electrons. The third kappa shape index (κ3) is 47.1. The van der Waals surface area contributed by atoms with Crippen LogP contribution in [0.4, 0.5) is 0 Å². The molecule has 6 heteroatoms. The Morgan fingerprint density at radius 3 is 1.03 bits per heavy atom. The molecule has 0 saturated heterocycles. The van der Waals surface area contributed by atoms with Crippen LogP contribution in [0.15, 0.2) is 109 Å². The average molecular weight is 859 g/mol. The zero-order valence-corrected chi connectivity index (χ0v) is 39.8. The standard InChI is InChI=1S/C56H90O6/c1-4-7-10-13-16-19-22-25-28-31-34-37-40-43-46-49-55(58)61-52-53(51-60-54(57)48-45-42-39-36-33-30-27-24-21-18-15-12-9-6-3)62-56(59)50-47-44-41-38-35-32-29-26-23-20-17-14-11-8-5-2/h7-8,10-11,16-17,19-20,24-29,34-35,37-38,53H,4-6,9,12-15,18,21-23,30-33,36,39-52H2,1-3H3/b10-7-,11-8-,19-16-,20-17-,27-24-,28-25-,29-26-,37-34-,38-35-. The zero-order valence-electron chi connectivity index (χ0n) is 39.8. The Morgan fingerprint density at radius 1 is 0.339 bits per heavy atom. The second kappa shape index (κ2) is 49.7. The number of carbonyl (C=O) groups excluding carboxylic acids is 3. The van der Waals surface area contributed by atoms with Crippen LogP contribution >= 0.6 is 0 Å². The molecule has 0 aromatic carbocycles. The summed E-state index contributed by atoms with van der Waals surface area (Å²) in [5.41, 5.74) is 0. The van der Waals surface area contributed by atoms with Crippen molar-refractivity contribution in [2.45, 2.75) is 213 Å². The minimum Gasteiger partial charge on any atom is -0.462 e. The van der Waals surface area contributed by atoms with Crippen LogP contribution in [0, 0.1) is 0 Å². The summed E-state index contributed by atoms with van der Waals surface area (Å²) in [5, 5.41) is 0. The van der Waals surface area contributed by atoms with Gasteiger partial charge in [-0.05, 0) is 122 Å². The van der Waals surface area contributed by atoms with Crippen LogP contribution in [-0.4, -0.2) is 37.2 Å². The van der Waals surface area contributed by atoms with Gasteiger partial charge in [-0.25, -0.2) is 0 Å². The van der Waals surface area contributed by atoms with Gasteiger partial charge in [0.05, 0.1) is 0 Å². The third-order valence-corrected chi connectivity index (χ3v) is 9.99. The first kappa shape index (κ1) is 58.1. The van der Waals surface area contributed by atoms with Crippen molar-refractivity contribution in [3.8, 4) is 0 Å². The zero-order chi connectivity index (χ0) is 45.1. The van der Waals surface area contributed by atoms with E-state index >= 15 is 0 Å². The van der Waals surface area contributed by atoms with Gasteiger partial charge in [0, 0.05) is 19.3 Å². The van der Waals surface area contributed by atoms with Gasteiger partial charge < -0.3 is 14.2 Å². The van der Waals surface area contributed by atoms with Crippen molar-refractivity contribution in [1.29, 1.82) is 0 Å². The molecule has 350 valence electrons. The van der Waals surface area contributed by atoms with Crippen LogP contribution in [0.25, 0.3) is 0 Å². The summed E-state index contributed by atoms with van der Waals surface area (Å²) in [4.78, 5) is 37.9. The second-order valence-electron chi connectivity index (χ2n) is 16.0. The van der Waals surface area contributed by atoms with Gasteiger partial charge in [0.1, 0.15) is 13.2 Å². The molecule has 0 saturated carbocycles. The van der Waals surface area contributed by atoms with Crippen LogP contribution in [0.1, 0.15) is 207 Å². The van der Waals surface area contributed by atoms with E-state index in [1.165, 1.54) is 44.9 Å². The fourth-order valence-corrected chi connectivity index (χ4v) is 6.30. The molecule has 0 N–H and O–H groups in total. The Labute approximate surface area is 380 Å². The molecule has 0 amide bonds. The predicted molar refractivity (Wildman–Crippen MR) is 265 cm³/mol. The van der Waals surface area contributed by atoms with Crippen LogP contribution in [0.3, 0.4) is 0 Å². The molecular weight excluding hydrogens is 769 g/mol. The van der Waals surface area contributed by atoms with Gasteiger partial charge in [-0.3, -0.25) is 14.4 Å². The summed E-state index contributed by atoms with van der Waals surface area (Å²) in [6.45, 7) is 6.30. The van der Waals surface area contributed by atoms with Crippen molar-refractivity contribution in [3.05, 3.63) is 109 Å². The minimum absolute atomic E-state index is 0.115. The molecule has 1 unspecified atom stereocenters. The largest absolute Gasteiger partial charge is 0.462 e. The van der Waals surface area contributed by atoms with Crippen LogP contribution in [0.2, 0.25) is 0 Å². The molecule has 0 aliphatic rings. The third-order valence-electron chi connectivity index (χ3n) is 9.99. The Hall–Kier alpha value is -3.93. The van der Waals surface area contributed by atoms with Gasteiger partial charge in [0.2, 0.25) is 0 Å². The quantitative estimate of drug-likeness (QED) is 0.0263. The molecule has 6 nitrogen and oxygen atoms in total. The monoisotopic (exact) mass is 859 g/mol. The maximum absolute atomic E-state index is 12.8. The molecule has 0 aromatic heterocycles.